The lowest BCUT2D eigenvalue weighted by molar-refractivity contribution is -0.759. The molecule has 1 aliphatic rings. The Kier molecular flexibility index (Phi) is 21.1. The molecule has 1 aromatic rings. The molecule has 41 heavy (non-hydrogen) atoms. The molecule has 1 amide bonds. The highest BCUT2D eigenvalue weighted by Gasteiger charge is 2.30. The molecule has 0 spiro atoms. The van der Waals surface area contributed by atoms with Gasteiger partial charge in [-0.05, 0) is 63.6 Å². The maximum atomic E-state index is 12.5. The van der Waals surface area contributed by atoms with E-state index in [-0.39, 0.29) is 18.9 Å². The minimum atomic E-state index is -4.32. The molecule has 9 nitrogen and oxygen atoms in total. The van der Waals surface area contributed by atoms with E-state index in [0.717, 1.165) is 18.6 Å². The van der Waals surface area contributed by atoms with E-state index in [1.165, 1.54) is 57.9 Å². The van der Waals surface area contributed by atoms with Crippen molar-refractivity contribution in [1.29, 1.82) is 0 Å². The summed E-state index contributed by atoms with van der Waals surface area (Å²) in [6.07, 6.45) is 13.6. The molecule has 2 rings (SSSR count). The maximum absolute atomic E-state index is 12.5. The van der Waals surface area contributed by atoms with Crippen molar-refractivity contribution in [3.8, 4) is 5.75 Å². The molecule has 1 unspecified atom stereocenters. The summed E-state index contributed by atoms with van der Waals surface area (Å²) < 4.78 is 47.5. The predicted molar refractivity (Wildman–Crippen MR) is 150 cm³/mol. The van der Waals surface area contributed by atoms with E-state index >= 15 is 0 Å². The summed E-state index contributed by atoms with van der Waals surface area (Å²) >= 11 is 0. The van der Waals surface area contributed by atoms with E-state index in [9.17, 15) is 32.9 Å². The zero-order valence-corrected chi connectivity index (χ0v) is 24.1. The van der Waals surface area contributed by atoms with Crippen molar-refractivity contribution in [3.05, 3.63) is 64.2 Å². The molecule has 12 heteroatoms. The first-order valence-corrected chi connectivity index (χ1v) is 13.7. The van der Waals surface area contributed by atoms with Crippen molar-refractivity contribution < 1.29 is 42.2 Å². The summed E-state index contributed by atoms with van der Waals surface area (Å²) in [7, 11) is 0. The number of esters is 1. The molecule has 0 bridgehead atoms. The molecular formula is C29H43F3N2O7. The highest BCUT2D eigenvalue weighted by Crippen LogP contribution is 2.31. The molecule has 1 N–H and O–H groups in total. The smallest absolute Gasteiger partial charge is 0.416 e. The maximum Gasteiger partial charge on any atom is 0.416 e. The van der Waals surface area contributed by atoms with Crippen LogP contribution in [0.5, 0.6) is 5.75 Å². The largest absolute Gasteiger partial charge is 0.493 e. The lowest BCUT2D eigenvalue weighted by atomic mass is 10.1. The van der Waals surface area contributed by atoms with Crippen molar-refractivity contribution in [2.24, 2.45) is 5.92 Å². The van der Waals surface area contributed by atoms with Crippen LogP contribution in [0.3, 0.4) is 0 Å². The van der Waals surface area contributed by atoms with Gasteiger partial charge in [0.05, 0.1) is 12.2 Å². The third-order valence-electron chi connectivity index (χ3n) is 5.56. The molecule has 0 saturated heterocycles. The standard InChI is InChI=1S/C16H19F3O.C7H14.C6H10N2O6/c17-16(18,19)14-9-5-10-15(12-14)20-11-4-3-8-13-6-1-2-7-13;1-3-5-7-6-4-2;1-5(3-13-8(11)12)14-6(10)2-7-4-9/h3,5,8-10,12-13H,1-2,4,6-7,11H2;3,5H,4,6-7H2,1-2H3;4-5H,2-3H2,1H3,(H,7,9)/b8-3+;5-3-;. The van der Waals surface area contributed by atoms with E-state index in [2.05, 4.69) is 53.0 Å². The fourth-order valence-corrected chi connectivity index (χ4v) is 3.53. The van der Waals surface area contributed by atoms with Crippen LogP contribution in [-0.4, -0.2) is 43.3 Å². The van der Waals surface area contributed by atoms with Gasteiger partial charge in [0.25, 0.3) is 5.09 Å². The third kappa shape index (κ3) is 21.9. The number of halogens is 3. The molecule has 1 fully saturated rings. The number of allylic oxidation sites excluding steroid dienone is 3. The van der Waals surface area contributed by atoms with Gasteiger partial charge in [-0.1, -0.05) is 63.0 Å². The van der Waals surface area contributed by atoms with Crippen LogP contribution >= 0.6 is 0 Å². The van der Waals surface area contributed by atoms with Crippen molar-refractivity contribution in [1.82, 2.24) is 5.32 Å². The van der Waals surface area contributed by atoms with Gasteiger partial charge in [0.2, 0.25) is 6.41 Å². The van der Waals surface area contributed by atoms with Gasteiger partial charge in [-0.2, -0.15) is 13.2 Å². The van der Waals surface area contributed by atoms with Gasteiger partial charge in [0, 0.05) is 0 Å². The van der Waals surface area contributed by atoms with Crippen LogP contribution in [0.2, 0.25) is 0 Å². The summed E-state index contributed by atoms with van der Waals surface area (Å²) in [6.45, 7) is 5.51. The lowest BCUT2D eigenvalue weighted by Crippen LogP contribution is -2.28. The van der Waals surface area contributed by atoms with Crippen molar-refractivity contribution in [3.63, 3.8) is 0 Å². The Bertz CT molecular complexity index is 918. The first-order valence-electron chi connectivity index (χ1n) is 13.7. The fraction of sp³-hybridized carbons (Fsp3) is 0.586. The zero-order valence-electron chi connectivity index (χ0n) is 24.1. The molecule has 0 radical (unpaired) electrons. The number of carbonyl (C=O) groups excluding carboxylic acids is 2. The summed E-state index contributed by atoms with van der Waals surface area (Å²) in [5.74, 6) is 0.272. The van der Waals surface area contributed by atoms with Crippen LogP contribution in [0.15, 0.2) is 48.6 Å². The van der Waals surface area contributed by atoms with E-state index in [0.29, 0.717) is 18.9 Å². The average Bonchev–Trinajstić information content (AvgIpc) is 3.45. The second kappa shape index (κ2) is 23.2. The van der Waals surface area contributed by atoms with Crippen LogP contribution in [-0.2, 0) is 25.3 Å². The number of carbonyl (C=O) groups is 2. The molecular weight excluding hydrogens is 545 g/mol. The van der Waals surface area contributed by atoms with E-state index in [4.69, 9.17) is 4.74 Å². The van der Waals surface area contributed by atoms with Gasteiger partial charge in [0.1, 0.15) is 25.0 Å². The SMILES string of the molecule is C/C=C\CCCC.CC(CO[N+](=O)[O-])OC(=O)CNC=O.FC(F)(F)c1cccc(OCC/C=C/C2CCCC2)c1. The van der Waals surface area contributed by atoms with Gasteiger partial charge in [0.15, 0.2) is 0 Å². The quantitative estimate of drug-likeness (QED) is 0.0595. The number of rotatable bonds is 15. The number of nitrogens with zero attached hydrogens (tertiary/aromatic N) is 1. The van der Waals surface area contributed by atoms with Gasteiger partial charge in [-0.25, -0.2) is 0 Å². The van der Waals surface area contributed by atoms with Crippen LogP contribution in [0.25, 0.3) is 0 Å². The normalized spacial score (nSPS) is 13.9. The van der Waals surface area contributed by atoms with E-state index in [1.54, 1.807) is 6.07 Å². The topological polar surface area (TPSA) is 117 Å². The average molecular weight is 589 g/mol. The Hall–Kier alpha value is -3.57. The molecule has 1 aliphatic carbocycles. The fourth-order valence-electron chi connectivity index (χ4n) is 3.53. The number of benzene rings is 1. The van der Waals surface area contributed by atoms with E-state index < -0.39 is 28.9 Å². The molecule has 1 atom stereocenters. The number of alkyl halides is 3. The number of amides is 1. The number of hydrogen-bond acceptors (Lipinski definition) is 7. The van der Waals surface area contributed by atoms with Crippen molar-refractivity contribution in [2.75, 3.05) is 19.8 Å². The second-order valence-corrected chi connectivity index (χ2v) is 9.17. The van der Waals surface area contributed by atoms with E-state index in [1.807, 2.05) is 0 Å². The Balaban J connectivity index is 0.000000663. The summed E-state index contributed by atoms with van der Waals surface area (Å²) in [5, 5.41) is 10.9. The molecule has 1 saturated carbocycles. The molecule has 0 heterocycles. The molecule has 0 aromatic heterocycles. The minimum Gasteiger partial charge on any atom is -0.493 e. The summed E-state index contributed by atoms with van der Waals surface area (Å²) in [4.78, 5) is 34.3. The van der Waals surface area contributed by atoms with Gasteiger partial charge in [-0.3, -0.25) is 9.59 Å². The predicted octanol–water partition coefficient (Wildman–Crippen LogP) is 6.85. The Labute approximate surface area is 240 Å². The molecule has 1 aromatic carbocycles. The van der Waals surface area contributed by atoms with Gasteiger partial charge >= 0.3 is 12.1 Å². The zero-order chi connectivity index (χ0) is 30.9. The van der Waals surface area contributed by atoms with Crippen LogP contribution < -0.4 is 10.1 Å². The number of hydrogen-bond donors (Lipinski definition) is 1. The number of unbranched alkanes of at least 4 members (excludes halogenated alkanes) is 2. The first-order chi connectivity index (χ1) is 19.5. The van der Waals surface area contributed by atoms with Gasteiger partial charge in [-0.15, -0.1) is 10.1 Å². The highest BCUT2D eigenvalue weighted by molar-refractivity contribution is 5.74. The first kappa shape index (κ1) is 37.4. The molecule has 232 valence electrons. The second-order valence-electron chi connectivity index (χ2n) is 9.17. The Morgan fingerprint density at radius 2 is 1.93 bits per heavy atom. The third-order valence-corrected chi connectivity index (χ3v) is 5.56. The Morgan fingerprint density at radius 3 is 2.51 bits per heavy atom. The van der Waals surface area contributed by atoms with Gasteiger partial charge < -0.3 is 19.6 Å². The van der Waals surface area contributed by atoms with Crippen LogP contribution in [0, 0.1) is 16.0 Å². The van der Waals surface area contributed by atoms with Crippen LogP contribution in [0.4, 0.5) is 13.2 Å². The highest BCUT2D eigenvalue weighted by atomic mass is 19.4. The minimum absolute atomic E-state index is 0.272. The Morgan fingerprint density at radius 1 is 1.22 bits per heavy atom. The molecule has 0 aliphatic heterocycles. The van der Waals surface area contributed by atoms with Crippen LogP contribution in [0.1, 0.15) is 77.7 Å². The van der Waals surface area contributed by atoms with Crippen molar-refractivity contribution >= 4 is 12.4 Å². The monoisotopic (exact) mass is 588 g/mol. The number of ether oxygens (including phenoxy) is 2. The summed E-state index contributed by atoms with van der Waals surface area (Å²) in [6, 6.07) is 5.01. The summed E-state index contributed by atoms with van der Waals surface area (Å²) in [5.41, 5.74) is -0.670. The van der Waals surface area contributed by atoms with Crippen molar-refractivity contribution in [2.45, 2.75) is 84.4 Å². The number of nitrogens with one attached hydrogen (secondary N) is 1. The lowest BCUT2D eigenvalue weighted by Gasteiger charge is -2.11.